The summed E-state index contributed by atoms with van der Waals surface area (Å²) in [7, 11) is 0. The maximum absolute atomic E-state index is 5.45. The molecule has 0 radical (unpaired) electrons. The van der Waals surface area contributed by atoms with Crippen molar-refractivity contribution in [1.29, 1.82) is 0 Å². The van der Waals surface area contributed by atoms with Crippen LogP contribution in [-0.2, 0) is 0 Å². The van der Waals surface area contributed by atoms with Crippen molar-refractivity contribution in [3.05, 3.63) is 21.1 Å². The van der Waals surface area contributed by atoms with Crippen LogP contribution in [0.25, 0.3) is 0 Å². The minimum Gasteiger partial charge on any atom is -0.490 e. The van der Waals surface area contributed by atoms with Crippen LogP contribution in [0.3, 0.4) is 0 Å². The molecule has 0 spiro atoms. The SMILES string of the molecule is Brc1cc2c(cc1Br)OCCN2. The molecule has 0 unspecified atom stereocenters. The molecule has 1 N–H and O–H groups in total. The summed E-state index contributed by atoms with van der Waals surface area (Å²) in [6.07, 6.45) is 0. The molecule has 64 valence electrons. The summed E-state index contributed by atoms with van der Waals surface area (Å²) in [5, 5.41) is 3.25. The fraction of sp³-hybridized carbons (Fsp3) is 0.250. The fourth-order valence-corrected chi connectivity index (χ4v) is 1.80. The van der Waals surface area contributed by atoms with Gasteiger partial charge in [0.15, 0.2) is 0 Å². The molecule has 1 heterocycles. The number of benzene rings is 1. The molecule has 1 aliphatic heterocycles. The molecule has 0 atom stereocenters. The maximum Gasteiger partial charge on any atom is 0.143 e. The highest BCUT2D eigenvalue weighted by Gasteiger charge is 2.11. The van der Waals surface area contributed by atoms with Gasteiger partial charge in [0.25, 0.3) is 0 Å². The van der Waals surface area contributed by atoms with E-state index in [1.54, 1.807) is 0 Å². The summed E-state index contributed by atoms with van der Waals surface area (Å²) in [5.74, 6) is 0.913. The summed E-state index contributed by atoms with van der Waals surface area (Å²) in [6, 6.07) is 3.98. The van der Waals surface area contributed by atoms with Crippen LogP contribution in [0.5, 0.6) is 5.75 Å². The lowest BCUT2D eigenvalue weighted by Crippen LogP contribution is -2.17. The van der Waals surface area contributed by atoms with Crippen LogP contribution in [-0.4, -0.2) is 13.2 Å². The number of nitrogens with one attached hydrogen (secondary N) is 1. The summed E-state index contributed by atoms with van der Waals surface area (Å²) in [4.78, 5) is 0. The number of fused-ring (bicyclic) bond motifs is 1. The van der Waals surface area contributed by atoms with Gasteiger partial charge in [-0.05, 0) is 44.0 Å². The van der Waals surface area contributed by atoms with Gasteiger partial charge in [0.1, 0.15) is 12.4 Å². The van der Waals surface area contributed by atoms with Gasteiger partial charge in [-0.25, -0.2) is 0 Å². The van der Waals surface area contributed by atoms with Crippen LogP contribution < -0.4 is 10.1 Å². The smallest absolute Gasteiger partial charge is 0.143 e. The zero-order valence-corrected chi connectivity index (χ0v) is 9.41. The van der Waals surface area contributed by atoms with Crippen molar-refractivity contribution in [3.63, 3.8) is 0 Å². The largest absolute Gasteiger partial charge is 0.490 e. The number of ether oxygens (including phenoxy) is 1. The quantitative estimate of drug-likeness (QED) is 0.794. The first-order valence-corrected chi connectivity index (χ1v) is 5.22. The van der Waals surface area contributed by atoms with E-state index in [0.717, 1.165) is 33.5 Å². The summed E-state index contributed by atoms with van der Waals surface area (Å²) in [6.45, 7) is 1.61. The van der Waals surface area contributed by atoms with E-state index in [2.05, 4.69) is 37.2 Å². The van der Waals surface area contributed by atoms with Gasteiger partial charge in [-0.15, -0.1) is 0 Å². The average Bonchev–Trinajstić information content (AvgIpc) is 2.07. The number of halogens is 2. The van der Waals surface area contributed by atoms with Crippen molar-refractivity contribution in [1.82, 2.24) is 0 Å². The maximum atomic E-state index is 5.45. The minimum absolute atomic E-state index is 0.737. The number of hydrogen-bond acceptors (Lipinski definition) is 2. The first-order chi connectivity index (χ1) is 5.77. The van der Waals surface area contributed by atoms with Crippen LogP contribution in [0.1, 0.15) is 0 Å². The van der Waals surface area contributed by atoms with E-state index < -0.39 is 0 Å². The zero-order chi connectivity index (χ0) is 8.55. The van der Waals surface area contributed by atoms with E-state index in [-0.39, 0.29) is 0 Å². The lowest BCUT2D eigenvalue weighted by molar-refractivity contribution is 0.323. The van der Waals surface area contributed by atoms with Crippen molar-refractivity contribution in [2.24, 2.45) is 0 Å². The molecule has 0 amide bonds. The van der Waals surface area contributed by atoms with E-state index in [1.165, 1.54) is 0 Å². The fourth-order valence-electron chi connectivity index (χ4n) is 1.13. The lowest BCUT2D eigenvalue weighted by atomic mass is 10.2. The second-order valence-electron chi connectivity index (χ2n) is 2.54. The Bertz CT molecular complexity index is 283. The molecule has 0 bridgehead atoms. The standard InChI is InChI=1S/C8H7Br2NO/c9-5-3-7-8(4-6(5)10)12-2-1-11-7/h3-4,11H,1-2H2. The van der Waals surface area contributed by atoms with Crippen LogP contribution >= 0.6 is 31.9 Å². The normalized spacial score (nSPS) is 14.5. The molecular weight excluding hydrogens is 286 g/mol. The Morgan fingerprint density at radius 3 is 2.83 bits per heavy atom. The van der Waals surface area contributed by atoms with Crippen molar-refractivity contribution >= 4 is 37.5 Å². The summed E-state index contributed by atoms with van der Waals surface area (Å²) in [5.41, 5.74) is 1.05. The van der Waals surface area contributed by atoms with Gasteiger partial charge < -0.3 is 10.1 Å². The third kappa shape index (κ3) is 1.45. The number of hydrogen-bond donors (Lipinski definition) is 1. The Morgan fingerprint density at radius 1 is 1.25 bits per heavy atom. The average molecular weight is 293 g/mol. The van der Waals surface area contributed by atoms with Crippen molar-refractivity contribution in [2.45, 2.75) is 0 Å². The predicted molar refractivity (Wildman–Crippen MR) is 55.8 cm³/mol. The van der Waals surface area contributed by atoms with Crippen LogP contribution in [0.2, 0.25) is 0 Å². The monoisotopic (exact) mass is 291 g/mol. The number of rotatable bonds is 0. The minimum atomic E-state index is 0.737. The Morgan fingerprint density at radius 2 is 2.00 bits per heavy atom. The van der Waals surface area contributed by atoms with Gasteiger partial charge in [0, 0.05) is 15.5 Å². The van der Waals surface area contributed by atoms with E-state index in [1.807, 2.05) is 12.1 Å². The van der Waals surface area contributed by atoms with E-state index >= 15 is 0 Å². The highest BCUT2D eigenvalue weighted by molar-refractivity contribution is 9.13. The zero-order valence-electron chi connectivity index (χ0n) is 6.23. The second-order valence-corrected chi connectivity index (χ2v) is 4.25. The van der Waals surface area contributed by atoms with Gasteiger partial charge in [-0.2, -0.15) is 0 Å². The molecule has 1 aliphatic rings. The van der Waals surface area contributed by atoms with E-state index in [4.69, 9.17) is 4.74 Å². The third-order valence-electron chi connectivity index (χ3n) is 1.70. The van der Waals surface area contributed by atoms with Gasteiger partial charge in [-0.1, -0.05) is 0 Å². The Kier molecular flexibility index (Phi) is 2.28. The topological polar surface area (TPSA) is 21.3 Å². The summed E-state index contributed by atoms with van der Waals surface area (Å²) >= 11 is 6.85. The molecule has 0 saturated heterocycles. The number of anilines is 1. The van der Waals surface area contributed by atoms with Gasteiger partial charge in [0.2, 0.25) is 0 Å². The molecule has 1 aromatic carbocycles. The second kappa shape index (κ2) is 3.26. The van der Waals surface area contributed by atoms with Crippen molar-refractivity contribution in [3.8, 4) is 5.75 Å². The molecular formula is C8H7Br2NO. The van der Waals surface area contributed by atoms with E-state index in [0.29, 0.717) is 0 Å². The van der Waals surface area contributed by atoms with Gasteiger partial charge >= 0.3 is 0 Å². The van der Waals surface area contributed by atoms with Crippen LogP contribution in [0.4, 0.5) is 5.69 Å². The molecule has 2 rings (SSSR count). The highest BCUT2D eigenvalue weighted by atomic mass is 79.9. The van der Waals surface area contributed by atoms with Crippen LogP contribution in [0.15, 0.2) is 21.1 Å². The highest BCUT2D eigenvalue weighted by Crippen LogP contribution is 2.35. The Balaban J connectivity index is 2.49. The first kappa shape index (κ1) is 8.38. The molecule has 2 nitrogen and oxygen atoms in total. The van der Waals surface area contributed by atoms with Crippen LogP contribution in [0, 0.1) is 0 Å². The summed E-state index contributed by atoms with van der Waals surface area (Å²) < 4.78 is 7.51. The van der Waals surface area contributed by atoms with Crippen molar-refractivity contribution < 1.29 is 4.74 Å². The Labute approximate surface area is 87.6 Å². The van der Waals surface area contributed by atoms with Crippen molar-refractivity contribution in [2.75, 3.05) is 18.5 Å². The van der Waals surface area contributed by atoms with Gasteiger partial charge in [-0.3, -0.25) is 0 Å². The Hall–Kier alpha value is -0.220. The molecule has 4 heteroatoms. The third-order valence-corrected chi connectivity index (χ3v) is 3.54. The molecule has 0 aliphatic carbocycles. The molecule has 0 aromatic heterocycles. The molecule has 0 fully saturated rings. The van der Waals surface area contributed by atoms with E-state index in [9.17, 15) is 0 Å². The predicted octanol–water partition coefficient (Wildman–Crippen LogP) is 3.02. The first-order valence-electron chi connectivity index (χ1n) is 3.63. The molecule has 12 heavy (non-hydrogen) atoms. The molecule has 1 aromatic rings. The lowest BCUT2D eigenvalue weighted by Gasteiger charge is -2.19. The van der Waals surface area contributed by atoms with Gasteiger partial charge in [0.05, 0.1) is 5.69 Å². The molecule has 0 saturated carbocycles.